The zero-order valence-corrected chi connectivity index (χ0v) is 18.0. The molecule has 0 fully saturated rings. The topological polar surface area (TPSA) is 52.0 Å². The second-order valence-electron chi connectivity index (χ2n) is 7.03. The van der Waals surface area contributed by atoms with Crippen LogP contribution in [0, 0.1) is 13.8 Å². The van der Waals surface area contributed by atoms with Crippen molar-refractivity contribution in [2.24, 2.45) is 7.05 Å². The third-order valence-electron chi connectivity index (χ3n) is 4.82. The van der Waals surface area contributed by atoms with E-state index in [-0.39, 0.29) is 11.3 Å². The molecule has 146 valence electrons. The molecule has 1 atom stereocenters. The predicted octanol–water partition coefficient (Wildman–Crippen LogP) is 5.33. The number of ketones is 1. The Morgan fingerprint density at radius 2 is 1.62 bits per heavy atom. The molecule has 0 saturated carbocycles. The highest BCUT2D eigenvalue weighted by Gasteiger charge is 2.26. The third-order valence-corrected chi connectivity index (χ3v) is 7.01. The van der Waals surface area contributed by atoms with Gasteiger partial charge in [-0.05, 0) is 30.9 Å². The lowest BCUT2D eigenvalue weighted by molar-refractivity contribution is 0.0989. The molecule has 0 bridgehead atoms. The maximum absolute atomic E-state index is 13.4. The van der Waals surface area contributed by atoms with Crippen LogP contribution >= 0.6 is 23.1 Å². The second kappa shape index (κ2) is 7.97. The van der Waals surface area contributed by atoms with Crippen LogP contribution in [0.4, 0.5) is 0 Å². The number of thiophene rings is 1. The van der Waals surface area contributed by atoms with E-state index in [1.165, 1.54) is 27.7 Å². The van der Waals surface area contributed by atoms with Gasteiger partial charge < -0.3 is 0 Å². The maximum atomic E-state index is 13.4. The van der Waals surface area contributed by atoms with E-state index in [0.717, 1.165) is 16.7 Å². The van der Waals surface area contributed by atoms with Crippen molar-refractivity contribution < 1.29 is 4.79 Å². The molecule has 29 heavy (non-hydrogen) atoms. The molecule has 0 saturated heterocycles. The molecule has 2 heterocycles. The lowest BCUT2D eigenvalue weighted by Crippen LogP contribution is -2.20. The molecule has 2 aromatic carbocycles. The van der Waals surface area contributed by atoms with Gasteiger partial charge in [0.1, 0.15) is 9.95 Å². The summed E-state index contributed by atoms with van der Waals surface area (Å²) in [6.07, 6.45) is 0. The molecule has 6 heteroatoms. The maximum Gasteiger partial charge on any atom is 0.271 e. The molecule has 4 nitrogen and oxygen atoms in total. The number of carbonyl (C=O) groups is 1. The normalized spacial score (nSPS) is 12.2. The van der Waals surface area contributed by atoms with E-state index < -0.39 is 5.25 Å². The standard InChI is InChI=1S/C23H20N2O2S2/c1-14-4-8-16(9-5-14)19(26)20(17-10-6-15(2)7-11-17)29-23-24-18-12-13-28-21(18)22(27)25(23)3/h4-13,20H,1-3H3. The number of aryl methyl sites for hydroxylation is 2. The van der Waals surface area contributed by atoms with Crippen molar-refractivity contribution in [3.63, 3.8) is 0 Å². The first-order valence-corrected chi connectivity index (χ1v) is 11.0. The third kappa shape index (κ3) is 3.91. The van der Waals surface area contributed by atoms with Crippen molar-refractivity contribution >= 4 is 39.1 Å². The average Bonchev–Trinajstić information content (AvgIpc) is 3.19. The first kappa shape index (κ1) is 19.6. The molecular formula is C23H20N2O2S2. The minimum absolute atomic E-state index is 0.00137. The zero-order chi connectivity index (χ0) is 20.5. The quantitative estimate of drug-likeness (QED) is 0.249. The number of hydrogen-bond acceptors (Lipinski definition) is 5. The summed E-state index contributed by atoms with van der Waals surface area (Å²) >= 11 is 2.71. The van der Waals surface area contributed by atoms with Gasteiger partial charge in [-0.1, -0.05) is 71.4 Å². The Bertz CT molecular complexity index is 1240. The summed E-state index contributed by atoms with van der Waals surface area (Å²) in [6.45, 7) is 4.01. The number of Topliss-reactive ketones (excluding diaryl/α,β-unsaturated/α-hetero) is 1. The van der Waals surface area contributed by atoms with Crippen molar-refractivity contribution in [2.75, 3.05) is 0 Å². The van der Waals surface area contributed by atoms with Crippen LogP contribution in [0.25, 0.3) is 10.2 Å². The van der Waals surface area contributed by atoms with Crippen LogP contribution in [0.1, 0.15) is 32.3 Å². The van der Waals surface area contributed by atoms with Crippen LogP contribution in [-0.2, 0) is 7.05 Å². The van der Waals surface area contributed by atoms with Crippen molar-refractivity contribution in [1.82, 2.24) is 9.55 Å². The van der Waals surface area contributed by atoms with E-state index in [1.54, 1.807) is 7.05 Å². The van der Waals surface area contributed by atoms with Crippen molar-refractivity contribution in [3.05, 3.63) is 92.6 Å². The minimum atomic E-state index is -0.493. The molecule has 0 N–H and O–H groups in total. The zero-order valence-electron chi connectivity index (χ0n) is 16.4. The van der Waals surface area contributed by atoms with E-state index in [4.69, 9.17) is 0 Å². The average molecular weight is 421 g/mol. The van der Waals surface area contributed by atoms with E-state index in [2.05, 4.69) is 4.98 Å². The number of hydrogen-bond donors (Lipinski definition) is 0. The van der Waals surface area contributed by atoms with E-state index >= 15 is 0 Å². The molecule has 0 aliphatic rings. The van der Waals surface area contributed by atoms with E-state index in [9.17, 15) is 9.59 Å². The number of nitrogens with zero attached hydrogens (tertiary/aromatic N) is 2. The number of rotatable bonds is 5. The second-order valence-corrected chi connectivity index (χ2v) is 9.02. The Hall–Kier alpha value is -2.70. The van der Waals surface area contributed by atoms with Gasteiger partial charge in [-0.3, -0.25) is 14.2 Å². The molecule has 2 aromatic heterocycles. The molecule has 0 aliphatic carbocycles. The number of fused-ring (bicyclic) bond motifs is 1. The lowest BCUT2D eigenvalue weighted by Gasteiger charge is -2.17. The Morgan fingerprint density at radius 3 is 2.28 bits per heavy atom. The molecule has 4 aromatic rings. The van der Waals surface area contributed by atoms with Gasteiger partial charge in [-0.25, -0.2) is 4.98 Å². The predicted molar refractivity (Wildman–Crippen MR) is 120 cm³/mol. The highest BCUT2D eigenvalue weighted by atomic mass is 32.2. The van der Waals surface area contributed by atoms with Crippen LogP contribution in [0.3, 0.4) is 0 Å². The molecule has 0 aliphatic heterocycles. The van der Waals surface area contributed by atoms with Crippen LogP contribution in [0.15, 0.2) is 69.9 Å². The van der Waals surface area contributed by atoms with Gasteiger partial charge in [-0.15, -0.1) is 11.3 Å². The van der Waals surface area contributed by atoms with Crippen LogP contribution < -0.4 is 5.56 Å². The summed E-state index contributed by atoms with van der Waals surface area (Å²) in [5.74, 6) is -0.00137. The largest absolute Gasteiger partial charge is 0.293 e. The van der Waals surface area contributed by atoms with Gasteiger partial charge in [0.05, 0.1) is 5.52 Å². The summed E-state index contributed by atoms with van der Waals surface area (Å²) < 4.78 is 2.17. The fourth-order valence-corrected chi connectivity index (χ4v) is 5.01. The van der Waals surface area contributed by atoms with Gasteiger partial charge in [0.15, 0.2) is 10.9 Å². The minimum Gasteiger partial charge on any atom is -0.293 e. The van der Waals surface area contributed by atoms with Gasteiger partial charge in [0.2, 0.25) is 0 Å². The van der Waals surface area contributed by atoms with Crippen molar-refractivity contribution in [3.8, 4) is 0 Å². The molecule has 0 radical (unpaired) electrons. The lowest BCUT2D eigenvalue weighted by atomic mass is 10.0. The first-order valence-electron chi connectivity index (χ1n) is 9.22. The highest BCUT2D eigenvalue weighted by Crippen LogP contribution is 2.37. The highest BCUT2D eigenvalue weighted by molar-refractivity contribution is 8.00. The fourth-order valence-electron chi connectivity index (χ4n) is 3.06. The Morgan fingerprint density at radius 1 is 1.00 bits per heavy atom. The first-order chi connectivity index (χ1) is 13.9. The molecular weight excluding hydrogens is 400 g/mol. The molecule has 0 amide bonds. The number of thioether (sulfide) groups is 1. The molecule has 1 unspecified atom stereocenters. The summed E-state index contributed by atoms with van der Waals surface area (Å²) in [7, 11) is 1.71. The van der Waals surface area contributed by atoms with Gasteiger partial charge in [0.25, 0.3) is 5.56 Å². The van der Waals surface area contributed by atoms with Gasteiger partial charge >= 0.3 is 0 Å². The summed E-state index contributed by atoms with van der Waals surface area (Å²) in [4.78, 5) is 30.8. The number of benzene rings is 2. The van der Waals surface area contributed by atoms with Crippen molar-refractivity contribution in [1.29, 1.82) is 0 Å². The Labute approximate surface area is 177 Å². The SMILES string of the molecule is Cc1ccc(C(=O)C(Sc2nc3ccsc3c(=O)n2C)c2ccc(C)cc2)cc1. The van der Waals surface area contributed by atoms with Gasteiger partial charge in [0, 0.05) is 12.6 Å². The molecule has 0 spiro atoms. The van der Waals surface area contributed by atoms with E-state index in [1.807, 2.05) is 73.8 Å². The summed E-state index contributed by atoms with van der Waals surface area (Å²) in [6, 6.07) is 17.4. The molecule has 4 rings (SSSR count). The van der Waals surface area contributed by atoms with Crippen LogP contribution in [-0.4, -0.2) is 15.3 Å². The Kier molecular flexibility index (Phi) is 5.39. The summed E-state index contributed by atoms with van der Waals surface area (Å²) in [5.41, 5.74) is 4.36. The van der Waals surface area contributed by atoms with Crippen LogP contribution in [0.5, 0.6) is 0 Å². The summed E-state index contributed by atoms with van der Waals surface area (Å²) in [5, 5.41) is 1.90. The van der Waals surface area contributed by atoms with Crippen molar-refractivity contribution in [2.45, 2.75) is 24.3 Å². The van der Waals surface area contributed by atoms with Gasteiger partial charge in [-0.2, -0.15) is 0 Å². The fraction of sp³-hybridized carbons (Fsp3) is 0.174. The van der Waals surface area contributed by atoms with Crippen LogP contribution in [0.2, 0.25) is 0 Å². The smallest absolute Gasteiger partial charge is 0.271 e. The Balaban J connectivity index is 1.79. The monoisotopic (exact) mass is 420 g/mol. The number of carbonyl (C=O) groups excluding carboxylic acids is 1. The number of aromatic nitrogens is 2. The van der Waals surface area contributed by atoms with E-state index in [0.29, 0.717) is 20.9 Å².